The van der Waals surface area contributed by atoms with Crippen LogP contribution in [0.25, 0.3) is 0 Å². The summed E-state index contributed by atoms with van der Waals surface area (Å²) in [4.78, 5) is 10.1. The van der Waals surface area contributed by atoms with Crippen LogP contribution in [0.15, 0.2) is 16.8 Å². The van der Waals surface area contributed by atoms with Gasteiger partial charge in [0.2, 0.25) is 0 Å². The first-order chi connectivity index (χ1) is 4.79. The number of thiophene rings is 1. The van der Waals surface area contributed by atoms with Crippen LogP contribution in [0.3, 0.4) is 0 Å². The third-order valence-electron chi connectivity index (χ3n) is 0.851. The van der Waals surface area contributed by atoms with E-state index in [-0.39, 0.29) is 0 Å². The van der Waals surface area contributed by atoms with Crippen molar-refractivity contribution >= 4 is 17.2 Å². The first kappa shape index (κ1) is 6.84. The Morgan fingerprint density at radius 1 is 1.70 bits per heavy atom. The van der Waals surface area contributed by atoms with Crippen LogP contribution in [0, 0.1) is 11.8 Å². The Kier molecular flexibility index (Phi) is 2.08. The Balaban J connectivity index is 2.75. The number of rotatable bonds is 0. The molecule has 50 valence electrons. The van der Waals surface area contributed by atoms with Crippen LogP contribution in [0.5, 0.6) is 0 Å². The van der Waals surface area contributed by atoms with E-state index in [2.05, 4.69) is 11.8 Å². The molecule has 0 bridgehead atoms. The molecule has 0 aliphatic rings. The van der Waals surface area contributed by atoms with Crippen molar-refractivity contribution in [3.8, 4) is 11.8 Å². The monoisotopic (exact) mass is 151 g/mol. The fraction of sp³-hybridized carbons (Fsp3) is 0. The Hall–Kier alpha value is -1.27. The highest BCUT2D eigenvalue weighted by Gasteiger charge is 1.84. The Morgan fingerprint density at radius 3 is 3.00 bits per heavy atom. The molecule has 3 heteroatoms. The largest absolute Gasteiger partial charge is 0.359 e. The average molecular weight is 151 g/mol. The van der Waals surface area contributed by atoms with Crippen molar-refractivity contribution in [3.05, 3.63) is 22.4 Å². The van der Waals surface area contributed by atoms with Crippen molar-refractivity contribution in [2.45, 2.75) is 0 Å². The molecule has 1 amide bonds. The van der Waals surface area contributed by atoms with Crippen LogP contribution < -0.4 is 5.73 Å². The second-order valence-electron chi connectivity index (χ2n) is 1.63. The molecule has 0 atom stereocenters. The van der Waals surface area contributed by atoms with E-state index in [1.165, 1.54) is 11.3 Å². The highest BCUT2D eigenvalue weighted by Crippen LogP contribution is 2.02. The summed E-state index contributed by atoms with van der Waals surface area (Å²) in [6.07, 6.45) is 0. The number of hydrogen-bond acceptors (Lipinski definition) is 2. The SMILES string of the molecule is NC(=O)C#Cc1ccsc1. The van der Waals surface area contributed by atoms with Crippen LogP contribution in [0.4, 0.5) is 0 Å². The molecule has 1 rings (SSSR count). The Labute approximate surface area is 62.7 Å². The van der Waals surface area contributed by atoms with E-state index in [1.54, 1.807) is 0 Å². The minimum Gasteiger partial charge on any atom is -0.359 e. The van der Waals surface area contributed by atoms with E-state index >= 15 is 0 Å². The fourth-order valence-electron chi connectivity index (χ4n) is 0.469. The van der Waals surface area contributed by atoms with E-state index < -0.39 is 5.91 Å². The zero-order valence-corrected chi connectivity index (χ0v) is 5.94. The fourth-order valence-corrected chi connectivity index (χ4v) is 1.06. The van der Waals surface area contributed by atoms with Crippen molar-refractivity contribution in [2.24, 2.45) is 5.73 Å². The first-order valence-electron chi connectivity index (χ1n) is 2.62. The molecule has 1 aromatic heterocycles. The van der Waals surface area contributed by atoms with Gasteiger partial charge in [-0.1, -0.05) is 5.92 Å². The van der Waals surface area contributed by atoms with E-state index in [9.17, 15) is 4.79 Å². The van der Waals surface area contributed by atoms with Gasteiger partial charge in [0.05, 0.1) is 0 Å². The van der Waals surface area contributed by atoms with Gasteiger partial charge in [0.1, 0.15) is 0 Å². The van der Waals surface area contributed by atoms with Crippen LogP contribution >= 0.6 is 11.3 Å². The second-order valence-corrected chi connectivity index (χ2v) is 2.41. The molecule has 2 N–H and O–H groups in total. The smallest absolute Gasteiger partial charge is 0.293 e. The molecule has 0 unspecified atom stereocenters. The Bertz CT molecular complexity index is 278. The van der Waals surface area contributed by atoms with Gasteiger partial charge in [-0.2, -0.15) is 11.3 Å². The molecule has 0 spiro atoms. The van der Waals surface area contributed by atoms with Crippen LogP contribution in [-0.2, 0) is 4.79 Å². The summed E-state index contributed by atoms with van der Waals surface area (Å²) in [6, 6.07) is 1.83. The van der Waals surface area contributed by atoms with Crippen molar-refractivity contribution in [3.63, 3.8) is 0 Å². The van der Waals surface area contributed by atoms with Gasteiger partial charge < -0.3 is 5.73 Å². The van der Waals surface area contributed by atoms with Crippen LogP contribution in [0.1, 0.15) is 5.56 Å². The Morgan fingerprint density at radius 2 is 2.50 bits per heavy atom. The summed E-state index contributed by atoms with van der Waals surface area (Å²) in [5.41, 5.74) is 5.64. The lowest BCUT2D eigenvalue weighted by molar-refractivity contribution is -0.112. The van der Waals surface area contributed by atoms with E-state index in [0.717, 1.165) is 5.56 Å². The molecule has 1 heterocycles. The van der Waals surface area contributed by atoms with Gasteiger partial charge in [-0.05, 0) is 11.4 Å². The van der Waals surface area contributed by atoms with Crippen molar-refractivity contribution in [1.29, 1.82) is 0 Å². The van der Waals surface area contributed by atoms with Gasteiger partial charge in [-0.15, -0.1) is 0 Å². The molecule has 0 aliphatic carbocycles. The summed E-state index contributed by atoms with van der Waals surface area (Å²) in [7, 11) is 0. The summed E-state index contributed by atoms with van der Waals surface area (Å²) < 4.78 is 0. The molecular formula is C7H5NOS. The minimum absolute atomic E-state index is 0.591. The lowest BCUT2D eigenvalue weighted by Gasteiger charge is -1.73. The number of carbonyl (C=O) groups excluding carboxylic acids is 1. The summed E-state index contributed by atoms with van der Waals surface area (Å²) in [6.45, 7) is 0. The second kappa shape index (κ2) is 3.04. The zero-order valence-electron chi connectivity index (χ0n) is 5.13. The zero-order chi connectivity index (χ0) is 7.40. The molecule has 0 aromatic carbocycles. The third-order valence-corrected chi connectivity index (χ3v) is 1.53. The number of primary amides is 1. The number of amides is 1. The van der Waals surface area contributed by atoms with Gasteiger partial charge in [-0.25, -0.2) is 0 Å². The lowest BCUT2D eigenvalue weighted by atomic mass is 10.3. The highest BCUT2D eigenvalue weighted by atomic mass is 32.1. The van der Waals surface area contributed by atoms with Gasteiger partial charge in [-0.3, -0.25) is 4.79 Å². The van der Waals surface area contributed by atoms with Crippen molar-refractivity contribution in [1.82, 2.24) is 0 Å². The topological polar surface area (TPSA) is 43.1 Å². The predicted molar refractivity (Wildman–Crippen MR) is 40.4 cm³/mol. The maximum absolute atomic E-state index is 10.1. The van der Waals surface area contributed by atoms with Gasteiger partial charge in [0.15, 0.2) is 0 Å². The number of hydrogen-bond donors (Lipinski definition) is 1. The molecule has 0 saturated heterocycles. The standard InChI is InChI=1S/C7H5NOS/c8-7(9)2-1-6-3-4-10-5-6/h3-5H,(H2,8,9). The molecule has 0 fully saturated rings. The number of nitrogens with two attached hydrogens (primary N) is 1. The van der Waals surface area contributed by atoms with E-state index in [1.807, 2.05) is 16.8 Å². The quantitative estimate of drug-likeness (QED) is 0.542. The van der Waals surface area contributed by atoms with Gasteiger partial charge in [0.25, 0.3) is 5.91 Å². The molecule has 0 aliphatic heterocycles. The summed E-state index contributed by atoms with van der Waals surface area (Å²) in [5, 5.41) is 3.75. The maximum atomic E-state index is 10.1. The normalized spacial score (nSPS) is 8.00. The van der Waals surface area contributed by atoms with Crippen LogP contribution in [-0.4, -0.2) is 5.91 Å². The van der Waals surface area contributed by atoms with Crippen molar-refractivity contribution in [2.75, 3.05) is 0 Å². The molecule has 10 heavy (non-hydrogen) atoms. The first-order valence-corrected chi connectivity index (χ1v) is 3.57. The van der Waals surface area contributed by atoms with Gasteiger partial charge >= 0.3 is 0 Å². The van der Waals surface area contributed by atoms with Crippen LogP contribution in [0.2, 0.25) is 0 Å². The molecular weight excluding hydrogens is 146 g/mol. The van der Waals surface area contributed by atoms with Gasteiger partial charge in [0, 0.05) is 16.9 Å². The molecule has 0 saturated carbocycles. The molecule has 2 nitrogen and oxygen atoms in total. The number of carbonyl (C=O) groups is 1. The molecule has 1 aromatic rings. The van der Waals surface area contributed by atoms with E-state index in [4.69, 9.17) is 5.73 Å². The summed E-state index contributed by atoms with van der Waals surface area (Å²) in [5.74, 6) is 4.26. The van der Waals surface area contributed by atoms with E-state index in [0.29, 0.717) is 0 Å². The predicted octanol–water partition coefficient (Wildman–Crippen LogP) is 0.585. The minimum atomic E-state index is -0.591. The maximum Gasteiger partial charge on any atom is 0.293 e. The highest BCUT2D eigenvalue weighted by molar-refractivity contribution is 7.08. The summed E-state index contributed by atoms with van der Waals surface area (Å²) >= 11 is 1.54. The van der Waals surface area contributed by atoms with Crippen molar-refractivity contribution < 1.29 is 4.79 Å². The average Bonchev–Trinajstić information content (AvgIpc) is 2.34. The third kappa shape index (κ3) is 1.92. The lowest BCUT2D eigenvalue weighted by Crippen LogP contribution is -2.05. The molecule has 0 radical (unpaired) electrons.